The van der Waals surface area contributed by atoms with E-state index in [9.17, 15) is 9.50 Å². The number of likely N-dealkylation sites (tertiary alicyclic amines) is 1. The number of allylic oxidation sites excluding steroid dienone is 2. The molecule has 1 saturated heterocycles. The van der Waals surface area contributed by atoms with Crippen molar-refractivity contribution >= 4 is 11.8 Å². The van der Waals surface area contributed by atoms with Crippen LogP contribution in [0.5, 0.6) is 0 Å². The van der Waals surface area contributed by atoms with Crippen molar-refractivity contribution in [1.82, 2.24) is 9.80 Å². The Bertz CT molecular complexity index is 653. The zero-order chi connectivity index (χ0) is 17.8. The van der Waals surface area contributed by atoms with Crippen molar-refractivity contribution in [3.05, 3.63) is 59.2 Å². The van der Waals surface area contributed by atoms with Crippen molar-refractivity contribution in [2.24, 2.45) is 0 Å². The first kappa shape index (κ1) is 18.3. The van der Waals surface area contributed by atoms with Gasteiger partial charge in [0, 0.05) is 19.6 Å². The third kappa shape index (κ3) is 4.59. The van der Waals surface area contributed by atoms with Crippen LogP contribution in [0.1, 0.15) is 32.3 Å². The second-order valence-electron chi connectivity index (χ2n) is 6.74. The maximum Gasteiger partial charge on any atom is 0.123 e. The number of hydrogen-bond acceptors (Lipinski definition) is 4. The number of halogens is 1. The van der Waals surface area contributed by atoms with Crippen LogP contribution in [0.15, 0.2) is 47.8 Å². The molecule has 5 heteroatoms. The van der Waals surface area contributed by atoms with Crippen LogP contribution < -0.4 is 0 Å². The fraction of sp³-hybridized carbons (Fsp3) is 0.500. The molecule has 2 aliphatic heterocycles. The summed E-state index contributed by atoms with van der Waals surface area (Å²) >= 11 is 1.89. The zero-order valence-corrected chi connectivity index (χ0v) is 15.8. The minimum atomic E-state index is -0.187. The van der Waals surface area contributed by atoms with Gasteiger partial charge in [-0.15, -0.1) is 11.8 Å². The third-order valence-electron chi connectivity index (χ3n) is 4.73. The maximum absolute atomic E-state index is 13.6. The summed E-state index contributed by atoms with van der Waals surface area (Å²) in [6, 6.07) is 6.87. The van der Waals surface area contributed by atoms with E-state index < -0.39 is 0 Å². The SMILES string of the molecule is CCSC1C=C(C)C=C(N2CCC(O)CC2)N1Cc1cccc(F)c1. The standard InChI is InChI=1S/C20H27FN2OS/c1-3-25-20-12-15(2)11-19(22-9-7-18(24)8-10-22)23(20)14-16-5-4-6-17(21)13-16/h4-6,11-13,18,20,24H,3,7-10,14H2,1-2H3. The molecule has 0 bridgehead atoms. The third-order valence-corrected chi connectivity index (χ3v) is 5.80. The van der Waals surface area contributed by atoms with Crippen LogP contribution in [0.4, 0.5) is 4.39 Å². The van der Waals surface area contributed by atoms with Gasteiger partial charge in [0.05, 0.1) is 11.5 Å². The molecule has 0 amide bonds. The molecule has 0 aromatic heterocycles. The van der Waals surface area contributed by atoms with E-state index in [0.717, 1.165) is 37.2 Å². The Hall–Kier alpha value is -1.46. The predicted octanol–water partition coefficient (Wildman–Crippen LogP) is 3.96. The highest BCUT2D eigenvalue weighted by molar-refractivity contribution is 7.99. The Morgan fingerprint density at radius 1 is 1.28 bits per heavy atom. The van der Waals surface area contributed by atoms with Crippen molar-refractivity contribution in [3.63, 3.8) is 0 Å². The molecule has 1 N–H and O–H groups in total. The van der Waals surface area contributed by atoms with Gasteiger partial charge in [-0.1, -0.05) is 19.1 Å². The van der Waals surface area contributed by atoms with Gasteiger partial charge in [0.2, 0.25) is 0 Å². The molecule has 3 rings (SSSR count). The lowest BCUT2D eigenvalue weighted by molar-refractivity contribution is 0.0782. The molecule has 2 aliphatic rings. The smallest absolute Gasteiger partial charge is 0.123 e. The van der Waals surface area contributed by atoms with Gasteiger partial charge in [0.1, 0.15) is 11.6 Å². The molecule has 1 aromatic carbocycles. The molecule has 2 heterocycles. The van der Waals surface area contributed by atoms with E-state index in [4.69, 9.17) is 0 Å². The average Bonchev–Trinajstić information content (AvgIpc) is 2.58. The molecule has 136 valence electrons. The monoisotopic (exact) mass is 362 g/mol. The molecule has 0 spiro atoms. The number of benzene rings is 1. The Kier molecular flexibility index (Phi) is 6.07. The van der Waals surface area contributed by atoms with Gasteiger partial charge in [-0.25, -0.2) is 4.39 Å². The molecule has 0 saturated carbocycles. The summed E-state index contributed by atoms with van der Waals surface area (Å²) in [5.74, 6) is 2.04. The Balaban J connectivity index is 1.86. The average molecular weight is 363 g/mol. The van der Waals surface area contributed by atoms with Gasteiger partial charge in [-0.3, -0.25) is 0 Å². The summed E-state index contributed by atoms with van der Waals surface area (Å²) in [4.78, 5) is 4.74. The van der Waals surface area contributed by atoms with E-state index >= 15 is 0 Å². The minimum Gasteiger partial charge on any atom is -0.393 e. The van der Waals surface area contributed by atoms with Gasteiger partial charge in [0.15, 0.2) is 0 Å². The van der Waals surface area contributed by atoms with Crippen LogP contribution in [0, 0.1) is 5.82 Å². The van der Waals surface area contributed by atoms with Crippen LogP contribution in [-0.2, 0) is 6.54 Å². The van der Waals surface area contributed by atoms with E-state index in [1.165, 1.54) is 17.5 Å². The van der Waals surface area contributed by atoms with Crippen molar-refractivity contribution in [2.45, 2.75) is 44.7 Å². The van der Waals surface area contributed by atoms with E-state index in [-0.39, 0.29) is 17.3 Å². The van der Waals surface area contributed by atoms with Crippen molar-refractivity contribution in [3.8, 4) is 0 Å². The highest BCUT2D eigenvalue weighted by Gasteiger charge is 2.29. The molecule has 1 fully saturated rings. The van der Waals surface area contributed by atoms with E-state index in [1.54, 1.807) is 12.1 Å². The fourth-order valence-corrected chi connectivity index (χ4v) is 4.47. The number of aliphatic hydroxyl groups is 1. The van der Waals surface area contributed by atoms with Crippen LogP contribution in [0.2, 0.25) is 0 Å². The predicted molar refractivity (Wildman–Crippen MR) is 103 cm³/mol. The normalized spacial score (nSPS) is 22.0. The largest absolute Gasteiger partial charge is 0.393 e. The van der Waals surface area contributed by atoms with Gasteiger partial charge < -0.3 is 14.9 Å². The second-order valence-corrected chi connectivity index (χ2v) is 8.13. The number of hydrogen-bond donors (Lipinski definition) is 1. The first-order chi connectivity index (χ1) is 12.1. The minimum absolute atomic E-state index is 0.186. The zero-order valence-electron chi connectivity index (χ0n) is 15.0. The molecule has 0 radical (unpaired) electrons. The van der Waals surface area contributed by atoms with Gasteiger partial charge in [0.25, 0.3) is 0 Å². The quantitative estimate of drug-likeness (QED) is 0.858. The molecule has 1 aromatic rings. The first-order valence-corrected chi connectivity index (χ1v) is 10.1. The molecule has 1 unspecified atom stereocenters. The number of rotatable bonds is 5. The fourth-order valence-electron chi connectivity index (χ4n) is 3.46. The Labute approximate surface area is 154 Å². The van der Waals surface area contributed by atoms with Gasteiger partial charge >= 0.3 is 0 Å². The highest BCUT2D eigenvalue weighted by Crippen LogP contribution is 2.32. The summed E-state index contributed by atoms with van der Waals surface area (Å²) in [5.41, 5.74) is 2.25. The first-order valence-electron chi connectivity index (χ1n) is 9.02. The molecule has 0 aliphatic carbocycles. The van der Waals surface area contributed by atoms with Crippen LogP contribution in [-0.4, -0.2) is 45.2 Å². The summed E-state index contributed by atoms with van der Waals surface area (Å²) in [7, 11) is 0. The van der Waals surface area contributed by atoms with E-state index in [2.05, 4.69) is 35.8 Å². The van der Waals surface area contributed by atoms with Crippen LogP contribution in [0.3, 0.4) is 0 Å². The molecular weight excluding hydrogens is 335 g/mol. The number of nitrogens with zero attached hydrogens (tertiary/aromatic N) is 2. The summed E-state index contributed by atoms with van der Waals surface area (Å²) in [6.07, 6.45) is 5.94. The van der Waals surface area contributed by atoms with Crippen LogP contribution >= 0.6 is 11.8 Å². The molecule has 3 nitrogen and oxygen atoms in total. The van der Waals surface area contributed by atoms with Crippen LogP contribution in [0.25, 0.3) is 0 Å². The lowest BCUT2D eigenvalue weighted by Crippen LogP contribution is -2.45. The number of piperidine rings is 1. The highest BCUT2D eigenvalue weighted by atomic mass is 32.2. The summed E-state index contributed by atoms with van der Waals surface area (Å²) < 4.78 is 13.6. The second kappa shape index (κ2) is 8.28. The molecular formula is C20H27FN2OS. The van der Waals surface area contributed by atoms with Gasteiger partial charge in [-0.2, -0.15) is 0 Å². The molecule has 1 atom stereocenters. The number of thioether (sulfide) groups is 1. The lowest BCUT2D eigenvalue weighted by atomic mass is 10.1. The van der Waals surface area contributed by atoms with Crippen molar-refractivity contribution < 1.29 is 9.50 Å². The number of aliphatic hydroxyl groups excluding tert-OH is 1. The van der Waals surface area contributed by atoms with Crippen molar-refractivity contribution in [2.75, 3.05) is 18.8 Å². The molecule has 25 heavy (non-hydrogen) atoms. The summed E-state index contributed by atoms with van der Waals surface area (Å²) in [6.45, 7) is 6.72. The van der Waals surface area contributed by atoms with Gasteiger partial charge in [-0.05, 0) is 60.9 Å². The Morgan fingerprint density at radius 3 is 2.72 bits per heavy atom. The topological polar surface area (TPSA) is 26.7 Å². The lowest BCUT2D eigenvalue weighted by Gasteiger charge is -2.43. The summed E-state index contributed by atoms with van der Waals surface area (Å²) in [5, 5.41) is 10.1. The Morgan fingerprint density at radius 2 is 2.04 bits per heavy atom. The van der Waals surface area contributed by atoms with Crippen molar-refractivity contribution in [1.29, 1.82) is 0 Å². The maximum atomic E-state index is 13.6. The van der Waals surface area contributed by atoms with E-state index in [1.807, 2.05) is 17.8 Å². The van der Waals surface area contributed by atoms with E-state index in [0.29, 0.717) is 6.54 Å².